The molecule has 2 N–H and O–H groups in total. The van der Waals surface area contributed by atoms with Crippen LogP contribution in [-0.4, -0.2) is 16.1 Å². The first-order chi connectivity index (χ1) is 14.8. The average molecular weight is 488 g/mol. The maximum atomic E-state index is 13.4. The molecule has 31 heavy (non-hydrogen) atoms. The Morgan fingerprint density at radius 1 is 0.968 bits per heavy atom. The second-order valence-electron chi connectivity index (χ2n) is 7.59. The Bertz CT molecular complexity index is 1090. The van der Waals surface area contributed by atoms with Crippen molar-refractivity contribution < 1.29 is 23.8 Å². The van der Waals surface area contributed by atoms with Crippen LogP contribution in [0, 0.1) is 17.6 Å². The van der Waals surface area contributed by atoms with E-state index >= 15 is 0 Å². The van der Waals surface area contributed by atoms with Gasteiger partial charge in [-0.25, -0.2) is 8.78 Å². The topological polar surface area (TPSA) is 60.8 Å². The Balaban J connectivity index is 1.58. The monoisotopic (exact) mass is 487 g/mol. The third kappa shape index (κ3) is 4.34. The van der Waals surface area contributed by atoms with Crippen LogP contribution in [0.3, 0.4) is 0 Å². The summed E-state index contributed by atoms with van der Waals surface area (Å²) in [6.45, 7) is 0. The van der Waals surface area contributed by atoms with Crippen LogP contribution in [0.25, 0.3) is 0 Å². The van der Waals surface area contributed by atoms with E-state index in [1.165, 1.54) is 36.4 Å². The molecule has 0 unspecified atom stereocenters. The van der Waals surface area contributed by atoms with Crippen LogP contribution in [0.4, 0.5) is 14.5 Å². The van der Waals surface area contributed by atoms with Gasteiger partial charge in [0.25, 0.3) is 0 Å². The van der Waals surface area contributed by atoms with Gasteiger partial charge in [0, 0.05) is 5.69 Å². The highest BCUT2D eigenvalue weighted by atomic mass is 79.9. The fourth-order valence-corrected chi connectivity index (χ4v) is 4.39. The summed E-state index contributed by atoms with van der Waals surface area (Å²) < 4.78 is 27.0. The molecule has 3 aromatic carbocycles. The summed E-state index contributed by atoms with van der Waals surface area (Å²) in [5.41, 5.74) is 1.98. The normalized spacial score (nSPS) is 19.2. The molecule has 4 nitrogen and oxygen atoms in total. The number of amides is 1. The lowest BCUT2D eigenvalue weighted by Crippen LogP contribution is -2.55. The number of halogens is 3. The number of rotatable bonds is 6. The fraction of sp³-hybridized carbons (Fsp3) is 0.208. The lowest BCUT2D eigenvalue weighted by Gasteiger charge is -2.48. The molecule has 0 radical (unpaired) electrons. The Labute approximate surface area is 186 Å². The predicted molar refractivity (Wildman–Crippen MR) is 117 cm³/mol. The van der Waals surface area contributed by atoms with Gasteiger partial charge in [0.2, 0.25) is 5.91 Å². The second kappa shape index (κ2) is 8.77. The molecule has 1 heterocycles. The second-order valence-corrected chi connectivity index (χ2v) is 8.45. The van der Waals surface area contributed by atoms with Crippen molar-refractivity contribution in [3.05, 3.63) is 94.0 Å². The van der Waals surface area contributed by atoms with Gasteiger partial charge in [-0.3, -0.25) is 4.79 Å². The molecular weight excluding hydrogens is 468 g/mol. The SMILES string of the molecule is O=C1[C@H](CC[C@H](O)c2ccc(F)cc2)[C@@H](c2ccc(O)c(Br)c2)N1c1ccc(F)cc1. The van der Waals surface area contributed by atoms with Crippen molar-refractivity contribution >= 4 is 27.5 Å². The third-order valence-corrected chi connectivity index (χ3v) is 6.27. The third-order valence-electron chi connectivity index (χ3n) is 5.64. The molecule has 3 atom stereocenters. The summed E-state index contributed by atoms with van der Waals surface area (Å²) in [5.74, 6) is -1.19. The highest BCUT2D eigenvalue weighted by Crippen LogP contribution is 2.47. The number of hydrogen-bond acceptors (Lipinski definition) is 3. The number of hydrogen-bond donors (Lipinski definition) is 2. The average Bonchev–Trinajstić information content (AvgIpc) is 2.75. The molecule has 0 saturated carbocycles. The molecule has 0 bridgehead atoms. The number of aliphatic hydroxyl groups excluding tert-OH is 1. The van der Waals surface area contributed by atoms with Crippen molar-refractivity contribution in [2.75, 3.05) is 4.90 Å². The van der Waals surface area contributed by atoms with Gasteiger partial charge in [0.1, 0.15) is 17.4 Å². The number of anilines is 1. The molecule has 1 fully saturated rings. The number of aliphatic hydroxyl groups is 1. The van der Waals surface area contributed by atoms with Crippen LogP contribution in [0.1, 0.15) is 36.1 Å². The van der Waals surface area contributed by atoms with Crippen LogP contribution in [0.2, 0.25) is 0 Å². The number of phenols is 1. The van der Waals surface area contributed by atoms with Gasteiger partial charge in [-0.05, 0) is 88.4 Å². The van der Waals surface area contributed by atoms with E-state index in [4.69, 9.17) is 0 Å². The fourth-order valence-electron chi connectivity index (χ4n) is 4.00. The highest BCUT2D eigenvalue weighted by molar-refractivity contribution is 9.10. The van der Waals surface area contributed by atoms with Crippen LogP contribution < -0.4 is 4.90 Å². The van der Waals surface area contributed by atoms with E-state index in [-0.39, 0.29) is 29.3 Å². The molecule has 1 aliphatic heterocycles. The molecule has 160 valence electrons. The molecule has 1 saturated heterocycles. The lowest BCUT2D eigenvalue weighted by atomic mass is 9.78. The largest absolute Gasteiger partial charge is 0.507 e. The molecule has 0 spiro atoms. The molecule has 0 aliphatic carbocycles. The number of carbonyl (C=O) groups excluding carboxylic acids is 1. The number of carbonyl (C=O) groups is 1. The van der Waals surface area contributed by atoms with Gasteiger partial charge in [-0.1, -0.05) is 18.2 Å². The molecule has 0 aromatic heterocycles. The first kappa shape index (κ1) is 21.5. The lowest BCUT2D eigenvalue weighted by molar-refractivity contribution is -0.131. The minimum atomic E-state index is -0.819. The Morgan fingerprint density at radius 3 is 2.19 bits per heavy atom. The smallest absolute Gasteiger partial charge is 0.233 e. The van der Waals surface area contributed by atoms with Gasteiger partial charge in [-0.2, -0.15) is 0 Å². The van der Waals surface area contributed by atoms with Crippen molar-refractivity contribution in [1.29, 1.82) is 0 Å². The van der Waals surface area contributed by atoms with E-state index in [1.807, 2.05) is 0 Å². The first-order valence-corrected chi connectivity index (χ1v) is 10.6. The zero-order valence-corrected chi connectivity index (χ0v) is 18.0. The number of phenolic OH excluding ortho intramolecular Hbond substituents is 1. The number of benzene rings is 3. The number of β-lactam (4-membered cyclic amide) rings is 1. The van der Waals surface area contributed by atoms with Crippen LogP contribution in [0.15, 0.2) is 71.2 Å². The summed E-state index contributed by atoms with van der Waals surface area (Å²) in [6.07, 6.45) is -0.0757. The van der Waals surface area contributed by atoms with Gasteiger partial charge >= 0.3 is 0 Å². The summed E-state index contributed by atoms with van der Waals surface area (Å²) in [5, 5.41) is 20.3. The van der Waals surface area contributed by atoms with Crippen LogP contribution in [-0.2, 0) is 4.79 Å². The van der Waals surface area contributed by atoms with Crippen LogP contribution >= 0.6 is 15.9 Å². The van der Waals surface area contributed by atoms with E-state index in [2.05, 4.69) is 15.9 Å². The van der Waals surface area contributed by atoms with Crippen molar-refractivity contribution in [2.24, 2.45) is 5.92 Å². The Kier molecular flexibility index (Phi) is 6.07. The van der Waals surface area contributed by atoms with Crippen molar-refractivity contribution in [1.82, 2.24) is 0 Å². The Hall–Kier alpha value is -2.77. The number of nitrogens with zero attached hydrogens (tertiary/aromatic N) is 1. The van der Waals surface area contributed by atoms with Gasteiger partial charge in [0.05, 0.1) is 22.5 Å². The summed E-state index contributed by atoms with van der Waals surface area (Å²) in [6, 6.07) is 16.1. The summed E-state index contributed by atoms with van der Waals surface area (Å²) >= 11 is 3.31. The predicted octanol–water partition coefficient (Wildman–Crippen LogP) is 5.65. The summed E-state index contributed by atoms with van der Waals surface area (Å²) in [4.78, 5) is 14.6. The van der Waals surface area contributed by atoms with Crippen LogP contribution in [0.5, 0.6) is 5.75 Å². The van der Waals surface area contributed by atoms with Crippen molar-refractivity contribution in [2.45, 2.75) is 25.0 Å². The molecule has 7 heteroatoms. The minimum absolute atomic E-state index is 0.0889. The van der Waals surface area contributed by atoms with Gasteiger partial charge in [-0.15, -0.1) is 0 Å². The van der Waals surface area contributed by atoms with Crippen molar-refractivity contribution in [3.63, 3.8) is 0 Å². The van der Waals surface area contributed by atoms with E-state index in [0.29, 0.717) is 28.6 Å². The molecule has 1 amide bonds. The number of aromatic hydroxyl groups is 1. The molecule has 4 rings (SSSR count). The van der Waals surface area contributed by atoms with E-state index in [1.54, 1.807) is 35.2 Å². The van der Waals surface area contributed by atoms with Crippen molar-refractivity contribution in [3.8, 4) is 5.75 Å². The maximum absolute atomic E-state index is 13.4. The van der Waals surface area contributed by atoms with E-state index in [9.17, 15) is 23.8 Å². The molecule has 3 aromatic rings. The van der Waals surface area contributed by atoms with E-state index < -0.39 is 12.0 Å². The zero-order chi connectivity index (χ0) is 22.1. The maximum Gasteiger partial charge on any atom is 0.233 e. The van der Waals surface area contributed by atoms with Gasteiger partial charge in [0.15, 0.2) is 0 Å². The standard InChI is InChI=1S/C24H20BrF2NO3/c25-20-13-15(3-11-22(20)30)23-19(10-12-21(29)14-1-4-16(26)5-2-14)24(31)28(23)18-8-6-17(27)7-9-18/h1-9,11,13,19,21,23,29-30H,10,12H2/t19-,21+,23-/m1/s1. The zero-order valence-electron chi connectivity index (χ0n) is 16.4. The minimum Gasteiger partial charge on any atom is -0.507 e. The quantitative estimate of drug-likeness (QED) is 0.441. The molecule has 1 aliphatic rings. The molecular formula is C24H20BrF2NO3. The first-order valence-electron chi connectivity index (χ1n) is 9.85. The van der Waals surface area contributed by atoms with Gasteiger partial charge < -0.3 is 15.1 Å². The summed E-state index contributed by atoms with van der Waals surface area (Å²) in [7, 11) is 0. The van der Waals surface area contributed by atoms with E-state index in [0.717, 1.165) is 5.56 Å². The highest BCUT2D eigenvalue weighted by Gasteiger charge is 2.48. The Morgan fingerprint density at radius 2 is 1.58 bits per heavy atom.